The normalized spacial score (nSPS) is 26.0. The predicted molar refractivity (Wildman–Crippen MR) is 134 cm³/mol. The molecule has 42 heavy (non-hydrogen) atoms. The van der Waals surface area contributed by atoms with Gasteiger partial charge in [0.2, 0.25) is 0 Å². The van der Waals surface area contributed by atoms with Crippen LogP contribution in [-0.4, -0.2) is 70.8 Å². The van der Waals surface area contributed by atoms with E-state index in [2.05, 4.69) is 20.2 Å². The van der Waals surface area contributed by atoms with Gasteiger partial charge in [0.25, 0.3) is 0 Å². The summed E-state index contributed by atoms with van der Waals surface area (Å²) in [4.78, 5) is 7.86. The molecular formula is C27H25F5N6O4. The number of hydrogen-bond acceptors (Lipinski definition) is 8. The van der Waals surface area contributed by atoms with Crippen molar-refractivity contribution in [1.82, 2.24) is 29.5 Å². The number of aromatic nitrogens is 6. The summed E-state index contributed by atoms with van der Waals surface area (Å²) in [6.45, 7) is 4.31. The second-order valence-corrected chi connectivity index (χ2v) is 10.4. The largest absolute Gasteiger partial charge is 0.435 e. The van der Waals surface area contributed by atoms with Crippen LogP contribution >= 0.6 is 0 Å². The first kappa shape index (κ1) is 28.3. The molecule has 2 aliphatic rings. The van der Waals surface area contributed by atoms with Crippen molar-refractivity contribution in [3.63, 3.8) is 0 Å². The zero-order valence-corrected chi connectivity index (χ0v) is 22.4. The quantitative estimate of drug-likeness (QED) is 0.346. The van der Waals surface area contributed by atoms with Gasteiger partial charge in [0.1, 0.15) is 42.4 Å². The minimum Gasteiger partial charge on any atom is -0.388 e. The van der Waals surface area contributed by atoms with Crippen molar-refractivity contribution >= 4 is 0 Å². The Balaban J connectivity index is 1.44. The molecule has 2 fully saturated rings. The minimum atomic E-state index is -4.83. The Labute approximate surface area is 235 Å². The van der Waals surface area contributed by atoms with Crippen molar-refractivity contribution in [2.75, 3.05) is 6.61 Å². The van der Waals surface area contributed by atoms with Crippen LogP contribution in [0.4, 0.5) is 22.0 Å². The molecule has 0 radical (unpaired) electrons. The Morgan fingerprint density at radius 2 is 1.79 bits per heavy atom. The monoisotopic (exact) mass is 592 g/mol. The number of aliphatic hydroxyl groups excluding tert-OH is 2. The van der Waals surface area contributed by atoms with E-state index in [9.17, 15) is 32.2 Å². The van der Waals surface area contributed by atoms with Crippen LogP contribution in [0, 0.1) is 32.4 Å². The van der Waals surface area contributed by atoms with E-state index in [0.717, 1.165) is 10.9 Å². The van der Waals surface area contributed by atoms with Crippen molar-refractivity contribution in [2.45, 2.75) is 63.5 Å². The molecule has 10 nitrogen and oxygen atoms in total. The lowest BCUT2D eigenvalue weighted by atomic mass is 9.91. The molecule has 0 bridgehead atoms. The molecule has 0 spiro atoms. The van der Waals surface area contributed by atoms with Crippen molar-refractivity contribution in [3.05, 3.63) is 76.9 Å². The molecule has 0 amide bonds. The van der Waals surface area contributed by atoms with E-state index in [-0.39, 0.29) is 34.9 Å². The van der Waals surface area contributed by atoms with Gasteiger partial charge in [0.15, 0.2) is 23.2 Å². The maximum atomic E-state index is 14.7. The van der Waals surface area contributed by atoms with Gasteiger partial charge in [-0.25, -0.2) is 23.4 Å². The molecule has 0 aliphatic carbocycles. The third-order valence-corrected chi connectivity index (χ3v) is 7.45. The van der Waals surface area contributed by atoms with E-state index in [0.29, 0.717) is 5.56 Å². The van der Waals surface area contributed by atoms with Crippen LogP contribution in [0.2, 0.25) is 0 Å². The summed E-state index contributed by atoms with van der Waals surface area (Å²) in [5, 5.41) is 30.7. The summed E-state index contributed by atoms with van der Waals surface area (Å²) < 4.78 is 84.8. The number of benzene rings is 1. The van der Waals surface area contributed by atoms with Crippen molar-refractivity contribution in [1.29, 1.82) is 0 Å². The standard InChI is InChI=1S/C27H25F5N6O4/c1-11-6-16(25(33-7-11)27(30,31)32)38-26(35-13(3)36-38)24-21(40)20(23-22(42-24)17(39)10-41-23)37-9-14(8-34-37)15-5-4-12(2)18(28)19(15)29/h4-9,17,20-24,39-40H,10H2,1-3H3/t17?,20?,21?,22?,23-,24?/m1/s1. The molecule has 2 N–H and O–H groups in total. The first-order valence-electron chi connectivity index (χ1n) is 12.9. The molecule has 1 aromatic carbocycles. The third-order valence-electron chi connectivity index (χ3n) is 7.45. The predicted octanol–water partition coefficient (Wildman–Crippen LogP) is 3.55. The average Bonchev–Trinajstić information content (AvgIpc) is 3.65. The lowest BCUT2D eigenvalue weighted by molar-refractivity contribution is -0.196. The second-order valence-electron chi connectivity index (χ2n) is 10.4. The SMILES string of the molecule is Cc1cnc(C(F)(F)F)c(-n2nc(C)nc2C2OC3C(O)CO[C@@H]3C(n3cc(-c4ccc(C)c(F)c4F)cn3)C2O)c1. The number of alkyl halides is 3. The minimum absolute atomic E-state index is 0.0617. The molecule has 4 aromatic rings. The average molecular weight is 593 g/mol. The summed E-state index contributed by atoms with van der Waals surface area (Å²) in [5.74, 6) is -2.15. The van der Waals surface area contributed by atoms with E-state index in [1.165, 1.54) is 49.1 Å². The van der Waals surface area contributed by atoms with Gasteiger partial charge in [-0.3, -0.25) is 4.68 Å². The number of pyridine rings is 1. The summed E-state index contributed by atoms with van der Waals surface area (Å²) >= 11 is 0. The van der Waals surface area contributed by atoms with Gasteiger partial charge in [-0.15, -0.1) is 0 Å². The summed E-state index contributed by atoms with van der Waals surface area (Å²) in [7, 11) is 0. The lowest BCUT2D eigenvalue weighted by Crippen LogP contribution is -2.52. The van der Waals surface area contributed by atoms with Crippen molar-refractivity contribution in [3.8, 4) is 16.8 Å². The number of aliphatic hydroxyl groups is 2. The Bertz CT molecular complexity index is 1660. The highest BCUT2D eigenvalue weighted by Gasteiger charge is 2.55. The smallest absolute Gasteiger partial charge is 0.388 e. The first-order chi connectivity index (χ1) is 19.8. The van der Waals surface area contributed by atoms with Crippen LogP contribution in [-0.2, 0) is 15.7 Å². The zero-order valence-electron chi connectivity index (χ0n) is 22.4. The fourth-order valence-corrected chi connectivity index (χ4v) is 5.46. The van der Waals surface area contributed by atoms with Gasteiger partial charge < -0.3 is 19.7 Å². The molecule has 222 valence electrons. The fraction of sp³-hybridized carbons (Fsp3) is 0.407. The zero-order chi connectivity index (χ0) is 30.1. The van der Waals surface area contributed by atoms with Crippen molar-refractivity contribution in [2.24, 2.45) is 0 Å². The number of aryl methyl sites for hydroxylation is 3. The van der Waals surface area contributed by atoms with E-state index >= 15 is 0 Å². The van der Waals surface area contributed by atoms with Crippen LogP contribution in [0.1, 0.15) is 40.6 Å². The van der Waals surface area contributed by atoms with Gasteiger partial charge in [-0.1, -0.05) is 12.1 Å². The second kappa shape index (κ2) is 10.2. The van der Waals surface area contributed by atoms with Gasteiger partial charge in [0, 0.05) is 23.5 Å². The Morgan fingerprint density at radius 3 is 2.52 bits per heavy atom. The van der Waals surface area contributed by atoms with Gasteiger partial charge in [0.05, 0.1) is 18.5 Å². The molecule has 5 unspecified atom stereocenters. The van der Waals surface area contributed by atoms with Gasteiger partial charge >= 0.3 is 6.18 Å². The number of hydrogen-bond donors (Lipinski definition) is 2. The fourth-order valence-electron chi connectivity index (χ4n) is 5.46. The van der Waals surface area contributed by atoms with Gasteiger partial charge in [-0.05, 0) is 38.0 Å². The number of nitrogens with zero attached hydrogens (tertiary/aromatic N) is 6. The highest BCUT2D eigenvalue weighted by atomic mass is 19.4. The maximum Gasteiger partial charge on any atom is 0.435 e. The van der Waals surface area contributed by atoms with E-state index in [1.54, 1.807) is 6.92 Å². The van der Waals surface area contributed by atoms with Gasteiger partial charge in [-0.2, -0.15) is 23.4 Å². The molecule has 6 atom stereocenters. The van der Waals surface area contributed by atoms with Crippen molar-refractivity contribution < 1.29 is 41.6 Å². The van der Waals surface area contributed by atoms with Crippen LogP contribution in [0.15, 0.2) is 36.8 Å². The molecule has 15 heteroatoms. The van der Waals surface area contributed by atoms with E-state index < -0.39 is 65.8 Å². The number of ether oxygens (including phenoxy) is 2. The summed E-state index contributed by atoms with van der Waals surface area (Å²) in [6, 6.07) is 2.99. The molecule has 6 rings (SSSR count). The van der Waals surface area contributed by atoms with Crippen LogP contribution in [0.3, 0.4) is 0 Å². The summed E-state index contributed by atoms with van der Waals surface area (Å²) in [5.41, 5.74) is -0.950. The Hall–Kier alpha value is -3.79. The first-order valence-corrected chi connectivity index (χ1v) is 12.9. The van der Waals surface area contributed by atoms with Crippen LogP contribution < -0.4 is 0 Å². The highest BCUT2D eigenvalue weighted by molar-refractivity contribution is 5.63. The number of rotatable bonds is 4. The highest BCUT2D eigenvalue weighted by Crippen LogP contribution is 2.44. The molecule has 0 saturated carbocycles. The summed E-state index contributed by atoms with van der Waals surface area (Å²) in [6.07, 6.45) is -7.15. The Kier molecular flexibility index (Phi) is 6.87. The lowest BCUT2D eigenvalue weighted by Gasteiger charge is -2.41. The molecular weight excluding hydrogens is 567 g/mol. The molecule has 2 saturated heterocycles. The molecule has 3 aromatic heterocycles. The van der Waals surface area contributed by atoms with E-state index in [4.69, 9.17) is 9.47 Å². The topological polar surface area (TPSA) is 120 Å². The number of halogens is 5. The maximum absolute atomic E-state index is 14.7. The van der Waals surface area contributed by atoms with Crippen LogP contribution in [0.25, 0.3) is 16.8 Å². The van der Waals surface area contributed by atoms with E-state index in [1.807, 2.05) is 0 Å². The molecule has 5 heterocycles. The molecule has 2 aliphatic heterocycles. The Morgan fingerprint density at radius 1 is 1.02 bits per heavy atom. The number of fused-ring (bicyclic) bond motifs is 1. The third kappa shape index (κ3) is 4.65. The van der Waals surface area contributed by atoms with Crippen LogP contribution in [0.5, 0.6) is 0 Å².